The molecule has 0 unspecified atom stereocenters. The minimum atomic E-state index is -3.29. The molecule has 0 aliphatic carbocycles. The van der Waals surface area contributed by atoms with E-state index in [-0.39, 0.29) is 12.6 Å². The number of rotatable bonds is 3. The topological polar surface area (TPSA) is 91.4 Å². The van der Waals surface area contributed by atoms with E-state index in [9.17, 15) is 8.42 Å². The molecule has 4 heterocycles. The zero-order valence-corrected chi connectivity index (χ0v) is 17.9. The van der Waals surface area contributed by atoms with Crippen molar-refractivity contribution in [1.82, 2.24) is 19.3 Å². The summed E-state index contributed by atoms with van der Waals surface area (Å²) in [5.74, 6) is 0.639. The molecule has 1 saturated heterocycles. The fourth-order valence-electron chi connectivity index (χ4n) is 4.32. The molecule has 0 radical (unpaired) electrons. The third kappa shape index (κ3) is 3.36. The number of hydrogen-bond donors (Lipinski definition) is 1. The van der Waals surface area contributed by atoms with Crippen LogP contribution in [0.4, 0.5) is 5.95 Å². The number of aromatic amines is 1. The Kier molecular flexibility index (Phi) is 4.76. The zero-order chi connectivity index (χ0) is 20.9. The smallest absolute Gasteiger partial charge is 0.226 e. The van der Waals surface area contributed by atoms with Gasteiger partial charge in [0.25, 0.3) is 0 Å². The molecular formula is C21H25N5O3S. The SMILES string of the molecule is C[C@@H]1COCCN1c1nc2c(c(-c3c[nH]c4ccccc34)n1)CCN(S(C)(=O)=O)C2. The Balaban J connectivity index is 1.68. The van der Waals surface area contributed by atoms with Crippen molar-refractivity contribution in [1.29, 1.82) is 0 Å². The maximum atomic E-state index is 12.2. The fourth-order valence-corrected chi connectivity index (χ4v) is 5.10. The first kappa shape index (κ1) is 19.5. The van der Waals surface area contributed by atoms with Crippen LogP contribution in [0.1, 0.15) is 18.2 Å². The molecule has 2 aliphatic rings. The lowest BCUT2D eigenvalue weighted by Gasteiger charge is -2.35. The lowest BCUT2D eigenvalue weighted by atomic mass is 9.99. The summed E-state index contributed by atoms with van der Waals surface area (Å²) in [6.07, 6.45) is 3.84. The number of nitrogens with zero attached hydrogens (tertiary/aromatic N) is 4. The number of nitrogens with one attached hydrogen (secondary N) is 1. The summed E-state index contributed by atoms with van der Waals surface area (Å²) >= 11 is 0. The van der Waals surface area contributed by atoms with Gasteiger partial charge in [-0.2, -0.15) is 4.31 Å². The number of ether oxygens (including phenoxy) is 1. The summed E-state index contributed by atoms with van der Waals surface area (Å²) in [6, 6.07) is 8.30. The normalized spacial score (nSPS) is 20.5. The van der Waals surface area contributed by atoms with Crippen molar-refractivity contribution in [2.75, 3.05) is 37.5 Å². The maximum Gasteiger partial charge on any atom is 0.226 e. The highest BCUT2D eigenvalue weighted by molar-refractivity contribution is 7.88. The van der Waals surface area contributed by atoms with Crippen molar-refractivity contribution in [2.24, 2.45) is 0 Å². The summed E-state index contributed by atoms with van der Waals surface area (Å²) in [7, 11) is -3.29. The van der Waals surface area contributed by atoms with Crippen molar-refractivity contribution >= 4 is 26.9 Å². The van der Waals surface area contributed by atoms with Crippen LogP contribution in [-0.4, -0.2) is 66.3 Å². The Morgan fingerprint density at radius 2 is 2.03 bits per heavy atom. The van der Waals surface area contributed by atoms with Gasteiger partial charge in [0.05, 0.1) is 43.4 Å². The van der Waals surface area contributed by atoms with E-state index >= 15 is 0 Å². The van der Waals surface area contributed by atoms with E-state index in [1.54, 1.807) is 0 Å². The number of sulfonamides is 1. The first-order valence-corrected chi connectivity index (χ1v) is 12.0. The Morgan fingerprint density at radius 3 is 2.83 bits per heavy atom. The van der Waals surface area contributed by atoms with Crippen LogP contribution in [0.2, 0.25) is 0 Å². The van der Waals surface area contributed by atoms with Crippen LogP contribution in [-0.2, 0) is 27.7 Å². The largest absolute Gasteiger partial charge is 0.377 e. The minimum Gasteiger partial charge on any atom is -0.377 e. The fraction of sp³-hybridized carbons (Fsp3) is 0.429. The maximum absolute atomic E-state index is 12.2. The number of benzene rings is 1. The number of aromatic nitrogens is 3. The predicted molar refractivity (Wildman–Crippen MR) is 116 cm³/mol. The van der Waals surface area contributed by atoms with Gasteiger partial charge in [-0.05, 0) is 19.4 Å². The molecule has 1 N–H and O–H groups in total. The molecule has 5 rings (SSSR count). The van der Waals surface area contributed by atoms with E-state index in [0.717, 1.165) is 33.4 Å². The Hall–Kier alpha value is -2.49. The quantitative estimate of drug-likeness (QED) is 0.689. The number of para-hydroxylation sites is 1. The van der Waals surface area contributed by atoms with E-state index in [0.29, 0.717) is 38.7 Å². The molecule has 0 amide bonds. The Bertz CT molecular complexity index is 1210. The molecule has 0 spiro atoms. The second-order valence-electron chi connectivity index (χ2n) is 8.01. The molecule has 30 heavy (non-hydrogen) atoms. The van der Waals surface area contributed by atoms with Gasteiger partial charge in [-0.1, -0.05) is 18.2 Å². The molecule has 158 valence electrons. The summed E-state index contributed by atoms with van der Waals surface area (Å²) in [6.45, 7) is 4.77. The van der Waals surface area contributed by atoms with Gasteiger partial charge in [0.2, 0.25) is 16.0 Å². The van der Waals surface area contributed by atoms with E-state index < -0.39 is 10.0 Å². The van der Waals surface area contributed by atoms with Crippen LogP contribution in [0.15, 0.2) is 30.5 Å². The molecular weight excluding hydrogens is 402 g/mol. The number of morpholine rings is 1. The van der Waals surface area contributed by atoms with Crippen LogP contribution < -0.4 is 4.90 Å². The van der Waals surface area contributed by atoms with Crippen molar-refractivity contribution in [3.05, 3.63) is 41.7 Å². The van der Waals surface area contributed by atoms with Crippen molar-refractivity contribution < 1.29 is 13.2 Å². The van der Waals surface area contributed by atoms with Gasteiger partial charge in [-0.15, -0.1) is 0 Å². The molecule has 3 aromatic rings. The zero-order valence-electron chi connectivity index (χ0n) is 17.1. The van der Waals surface area contributed by atoms with E-state index in [1.165, 1.54) is 10.6 Å². The van der Waals surface area contributed by atoms with Crippen LogP contribution in [0.5, 0.6) is 0 Å². The lowest BCUT2D eigenvalue weighted by molar-refractivity contribution is 0.0980. The van der Waals surface area contributed by atoms with Crippen molar-refractivity contribution in [3.8, 4) is 11.3 Å². The number of fused-ring (bicyclic) bond motifs is 2. The van der Waals surface area contributed by atoms with Crippen molar-refractivity contribution in [3.63, 3.8) is 0 Å². The van der Waals surface area contributed by atoms with E-state index in [1.807, 2.05) is 24.4 Å². The third-order valence-corrected chi connectivity index (χ3v) is 7.21. The van der Waals surface area contributed by atoms with Gasteiger partial charge in [-0.3, -0.25) is 0 Å². The highest BCUT2D eigenvalue weighted by Crippen LogP contribution is 2.35. The monoisotopic (exact) mass is 427 g/mol. The Labute approximate surface area is 175 Å². The Morgan fingerprint density at radius 1 is 1.20 bits per heavy atom. The average molecular weight is 428 g/mol. The lowest BCUT2D eigenvalue weighted by Crippen LogP contribution is -2.45. The minimum absolute atomic E-state index is 0.155. The molecule has 0 saturated carbocycles. The predicted octanol–water partition coefficient (Wildman–Crippen LogP) is 2.17. The number of H-pyrrole nitrogens is 1. The van der Waals surface area contributed by atoms with E-state index in [4.69, 9.17) is 14.7 Å². The van der Waals surface area contributed by atoms with Crippen LogP contribution >= 0.6 is 0 Å². The molecule has 0 bridgehead atoms. The highest BCUT2D eigenvalue weighted by atomic mass is 32.2. The van der Waals surface area contributed by atoms with Gasteiger partial charge in [0.15, 0.2) is 0 Å². The van der Waals surface area contributed by atoms with Crippen LogP contribution in [0.25, 0.3) is 22.2 Å². The van der Waals surface area contributed by atoms with Gasteiger partial charge in [0.1, 0.15) is 0 Å². The van der Waals surface area contributed by atoms with Gasteiger partial charge >= 0.3 is 0 Å². The third-order valence-electron chi connectivity index (χ3n) is 5.96. The first-order valence-electron chi connectivity index (χ1n) is 10.2. The van der Waals surface area contributed by atoms with Crippen LogP contribution in [0, 0.1) is 0 Å². The summed E-state index contributed by atoms with van der Waals surface area (Å²) in [5, 5.41) is 1.10. The highest BCUT2D eigenvalue weighted by Gasteiger charge is 2.30. The summed E-state index contributed by atoms with van der Waals surface area (Å²) in [5.41, 5.74) is 4.79. The standard InChI is InChI=1S/C21H25N5O3S/c1-14-13-29-10-9-26(14)21-23-19-12-25(30(2,27)28)8-7-16(19)20(24-21)17-11-22-18-6-4-3-5-15(17)18/h3-6,11,14,22H,7-10,12-13H2,1-2H3/t14-/m1/s1. The molecule has 2 aliphatic heterocycles. The van der Waals surface area contributed by atoms with Gasteiger partial charge < -0.3 is 14.6 Å². The second-order valence-corrected chi connectivity index (χ2v) is 9.99. The molecule has 2 aromatic heterocycles. The molecule has 1 fully saturated rings. The molecule has 1 aromatic carbocycles. The molecule has 1 atom stereocenters. The second kappa shape index (κ2) is 7.33. The van der Waals surface area contributed by atoms with Gasteiger partial charge in [0, 0.05) is 41.3 Å². The van der Waals surface area contributed by atoms with E-state index in [2.05, 4.69) is 22.9 Å². The molecule has 8 nitrogen and oxygen atoms in total. The molecule has 9 heteroatoms. The van der Waals surface area contributed by atoms with Crippen molar-refractivity contribution in [2.45, 2.75) is 25.9 Å². The number of hydrogen-bond acceptors (Lipinski definition) is 6. The summed E-state index contributed by atoms with van der Waals surface area (Å²) in [4.78, 5) is 15.3. The van der Waals surface area contributed by atoms with Crippen LogP contribution in [0.3, 0.4) is 0 Å². The number of anilines is 1. The summed E-state index contributed by atoms with van der Waals surface area (Å²) < 4.78 is 31.4. The average Bonchev–Trinajstić information content (AvgIpc) is 3.16. The van der Waals surface area contributed by atoms with Gasteiger partial charge in [-0.25, -0.2) is 18.4 Å². The first-order chi connectivity index (χ1) is 14.4.